The topological polar surface area (TPSA) is 66.9 Å². The lowest BCUT2D eigenvalue weighted by atomic mass is 10.1. The minimum Gasteiger partial charge on any atom is -0.401 e. The number of benzene rings is 1. The van der Waals surface area contributed by atoms with Crippen LogP contribution in [0.1, 0.15) is 12.5 Å². The summed E-state index contributed by atoms with van der Waals surface area (Å²) in [5, 5.41) is 8.72. The van der Waals surface area contributed by atoms with Crippen molar-refractivity contribution in [2.24, 2.45) is 5.73 Å². The molecule has 0 aromatic heterocycles. The average molecular weight is 212 g/mol. The van der Waals surface area contributed by atoms with Gasteiger partial charge in [-0.05, 0) is 18.6 Å². The highest BCUT2D eigenvalue weighted by atomic mass is 16.1. The molecule has 1 rings (SSSR count). The van der Waals surface area contributed by atoms with Crippen LogP contribution >= 0.6 is 0 Å². The van der Waals surface area contributed by atoms with Crippen LogP contribution in [0.25, 0.3) is 6.08 Å². The Balaban J connectivity index is 2.85. The lowest BCUT2D eigenvalue weighted by Crippen LogP contribution is -2.05. The first-order valence-electron chi connectivity index (χ1n) is 4.79. The van der Waals surface area contributed by atoms with E-state index in [9.17, 15) is 4.79 Å². The molecule has 2 N–H and O–H groups in total. The second kappa shape index (κ2) is 5.52. The van der Waals surface area contributed by atoms with E-state index in [0.29, 0.717) is 0 Å². The third kappa shape index (κ3) is 3.10. The normalized spacial score (nSPS) is 12.0. The maximum absolute atomic E-state index is 11.5. The van der Waals surface area contributed by atoms with Gasteiger partial charge in [-0.15, -0.1) is 0 Å². The first-order chi connectivity index (χ1) is 7.65. The molecule has 0 saturated heterocycles. The van der Waals surface area contributed by atoms with Crippen LogP contribution < -0.4 is 5.73 Å². The van der Waals surface area contributed by atoms with E-state index in [1.165, 1.54) is 13.0 Å². The van der Waals surface area contributed by atoms with Gasteiger partial charge >= 0.3 is 0 Å². The number of nitrogens with two attached hydrogens (primary N) is 1. The molecule has 1 aromatic carbocycles. The molecule has 3 nitrogen and oxygen atoms in total. The van der Waals surface area contributed by atoms with Gasteiger partial charge in [0.2, 0.25) is 0 Å². The largest absolute Gasteiger partial charge is 0.401 e. The van der Waals surface area contributed by atoms with Gasteiger partial charge in [-0.25, -0.2) is 0 Å². The van der Waals surface area contributed by atoms with Gasteiger partial charge in [-0.1, -0.05) is 36.4 Å². The number of allylic oxidation sites excluding steroid dienone is 3. The molecule has 0 aliphatic heterocycles. The van der Waals surface area contributed by atoms with Crippen molar-refractivity contribution < 1.29 is 4.79 Å². The Labute approximate surface area is 94.5 Å². The summed E-state index contributed by atoms with van der Waals surface area (Å²) in [5.41, 5.74) is 6.56. The minimum absolute atomic E-state index is 0.00724. The van der Waals surface area contributed by atoms with E-state index in [1.807, 2.05) is 30.3 Å². The maximum atomic E-state index is 11.5. The van der Waals surface area contributed by atoms with E-state index in [4.69, 9.17) is 11.0 Å². The Morgan fingerprint density at radius 1 is 1.38 bits per heavy atom. The lowest BCUT2D eigenvalue weighted by Gasteiger charge is -1.95. The Morgan fingerprint density at radius 3 is 2.50 bits per heavy atom. The number of carbonyl (C=O) groups is 1. The van der Waals surface area contributed by atoms with Crippen molar-refractivity contribution in [3.8, 4) is 6.07 Å². The van der Waals surface area contributed by atoms with Crippen LogP contribution in [-0.2, 0) is 4.79 Å². The molecule has 1 aromatic rings. The standard InChI is InChI=1S/C13H12N2O/c1-10(15)12(9-14)13(16)8-7-11-5-3-2-4-6-11/h2-8H,15H2,1H3/b8-7+,12-10-. The summed E-state index contributed by atoms with van der Waals surface area (Å²) in [6.45, 7) is 1.53. The van der Waals surface area contributed by atoms with Crippen LogP contribution in [0, 0.1) is 11.3 Å². The van der Waals surface area contributed by atoms with Crippen LogP contribution in [-0.4, -0.2) is 5.78 Å². The predicted octanol–water partition coefficient (Wildman–Crippen LogP) is 2.03. The summed E-state index contributed by atoms with van der Waals surface area (Å²) < 4.78 is 0. The number of nitriles is 1. The van der Waals surface area contributed by atoms with Gasteiger partial charge in [0.25, 0.3) is 0 Å². The monoisotopic (exact) mass is 212 g/mol. The fourth-order valence-electron chi connectivity index (χ4n) is 1.16. The van der Waals surface area contributed by atoms with E-state index < -0.39 is 0 Å². The summed E-state index contributed by atoms with van der Waals surface area (Å²) in [4.78, 5) is 11.5. The molecular formula is C13H12N2O. The molecule has 0 aliphatic rings. The molecule has 16 heavy (non-hydrogen) atoms. The minimum atomic E-state index is -0.369. The van der Waals surface area contributed by atoms with Crippen molar-refractivity contribution in [1.29, 1.82) is 5.26 Å². The number of hydrogen-bond donors (Lipinski definition) is 1. The molecule has 0 bridgehead atoms. The third-order valence-electron chi connectivity index (χ3n) is 1.98. The molecule has 0 saturated carbocycles. The van der Waals surface area contributed by atoms with E-state index in [0.717, 1.165) is 5.56 Å². The van der Waals surface area contributed by atoms with Crippen LogP contribution in [0.2, 0.25) is 0 Å². The predicted molar refractivity (Wildman–Crippen MR) is 63.0 cm³/mol. The van der Waals surface area contributed by atoms with E-state index in [1.54, 1.807) is 12.1 Å². The molecule has 0 atom stereocenters. The van der Waals surface area contributed by atoms with E-state index in [-0.39, 0.29) is 17.1 Å². The molecular weight excluding hydrogens is 200 g/mol. The quantitative estimate of drug-likeness (QED) is 0.615. The SMILES string of the molecule is C/C(N)=C(\C#N)C(=O)/C=C/c1ccccc1. The molecule has 3 heteroatoms. The Morgan fingerprint density at radius 2 is 2.00 bits per heavy atom. The molecule has 0 unspecified atom stereocenters. The average Bonchev–Trinajstić information content (AvgIpc) is 2.28. The number of carbonyl (C=O) groups excluding carboxylic acids is 1. The zero-order chi connectivity index (χ0) is 12.0. The molecule has 0 radical (unpaired) electrons. The van der Waals surface area contributed by atoms with Gasteiger partial charge in [0.15, 0.2) is 5.78 Å². The van der Waals surface area contributed by atoms with Gasteiger partial charge in [0, 0.05) is 5.70 Å². The second-order valence-electron chi connectivity index (χ2n) is 3.28. The van der Waals surface area contributed by atoms with Crippen molar-refractivity contribution in [3.05, 3.63) is 53.2 Å². The van der Waals surface area contributed by atoms with Crippen molar-refractivity contribution in [2.75, 3.05) is 0 Å². The van der Waals surface area contributed by atoms with Gasteiger partial charge in [0.1, 0.15) is 11.6 Å². The fraction of sp³-hybridized carbons (Fsp3) is 0.0769. The van der Waals surface area contributed by atoms with Crippen LogP contribution in [0.4, 0.5) is 0 Å². The first-order valence-corrected chi connectivity index (χ1v) is 4.79. The number of hydrogen-bond acceptors (Lipinski definition) is 3. The number of ketones is 1. The molecule has 0 fully saturated rings. The van der Waals surface area contributed by atoms with Crippen LogP contribution in [0.5, 0.6) is 0 Å². The Bertz CT molecular complexity index is 474. The molecule has 0 aliphatic carbocycles. The molecule has 80 valence electrons. The molecule has 0 amide bonds. The van der Waals surface area contributed by atoms with E-state index >= 15 is 0 Å². The summed E-state index contributed by atoms with van der Waals surface area (Å²) >= 11 is 0. The van der Waals surface area contributed by atoms with Crippen molar-refractivity contribution in [3.63, 3.8) is 0 Å². The van der Waals surface area contributed by atoms with Gasteiger partial charge in [0.05, 0.1) is 0 Å². The summed E-state index contributed by atoms with van der Waals surface area (Å²) in [6.07, 6.45) is 3.01. The number of rotatable bonds is 3. The summed E-state index contributed by atoms with van der Waals surface area (Å²) in [6, 6.07) is 11.2. The van der Waals surface area contributed by atoms with E-state index in [2.05, 4.69) is 0 Å². The molecule has 0 heterocycles. The zero-order valence-corrected chi connectivity index (χ0v) is 8.97. The summed E-state index contributed by atoms with van der Waals surface area (Å²) in [7, 11) is 0. The third-order valence-corrected chi connectivity index (χ3v) is 1.98. The highest BCUT2D eigenvalue weighted by molar-refractivity contribution is 6.09. The molecule has 0 spiro atoms. The summed E-state index contributed by atoms with van der Waals surface area (Å²) in [5.74, 6) is -0.369. The number of nitrogens with zero attached hydrogens (tertiary/aromatic N) is 1. The van der Waals surface area contributed by atoms with Crippen molar-refractivity contribution in [1.82, 2.24) is 0 Å². The highest BCUT2D eigenvalue weighted by Crippen LogP contribution is 2.05. The smallest absolute Gasteiger partial charge is 0.198 e. The van der Waals surface area contributed by atoms with Gasteiger partial charge in [-0.2, -0.15) is 5.26 Å². The Hall–Kier alpha value is -2.34. The van der Waals surface area contributed by atoms with Gasteiger partial charge < -0.3 is 5.73 Å². The Kier molecular flexibility index (Phi) is 4.05. The lowest BCUT2D eigenvalue weighted by molar-refractivity contribution is -0.111. The van der Waals surface area contributed by atoms with Crippen LogP contribution in [0.15, 0.2) is 47.7 Å². The second-order valence-corrected chi connectivity index (χ2v) is 3.28. The zero-order valence-electron chi connectivity index (χ0n) is 8.97. The first kappa shape index (κ1) is 11.7. The van der Waals surface area contributed by atoms with Crippen molar-refractivity contribution in [2.45, 2.75) is 6.92 Å². The maximum Gasteiger partial charge on any atom is 0.198 e. The van der Waals surface area contributed by atoms with Gasteiger partial charge in [-0.3, -0.25) is 4.79 Å². The van der Waals surface area contributed by atoms with Crippen LogP contribution in [0.3, 0.4) is 0 Å². The highest BCUT2D eigenvalue weighted by Gasteiger charge is 2.06. The fourth-order valence-corrected chi connectivity index (χ4v) is 1.16. The van der Waals surface area contributed by atoms with Crippen molar-refractivity contribution >= 4 is 11.9 Å².